The van der Waals surface area contributed by atoms with Gasteiger partial charge in [-0.3, -0.25) is 0 Å². The minimum Gasteiger partial charge on any atom is -0.379 e. The maximum atomic E-state index is 5.58. The van der Waals surface area contributed by atoms with Gasteiger partial charge in [0.25, 0.3) is 0 Å². The van der Waals surface area contributed by atoms with E-state index in [1.165, 1.54) is 0 Å². The molecule has 5 nitrogen and oxygen atoms in total. The molecule has 0 bridgehead atoms. The topological polar surface area (TPSA) is 62.9 Å². The molecule has 0 fully saturated rings. The van der Waals surface area contributed by atoms with Gasteiger partial charge in [-0.15, -0.1) is 0 Å². The van der Waals surface area contributed by atoms with Gasteiger partial charge in [-0.05, 0) is 20.3 Å². The van der Waals surface area contributed by atoms with E-state index in [0.29, 0.717) is 46.2 Å². The monoisotopic (exact) mass is 249 g/mol. The van der Waals surface area contributed by atoms with Crippen LogP contribution in [0.15, 0.2) is 0 Å². The van der Waals surface area contributed by atoms with Crippen LogP contribution in [-0.4, -0.2) is 58.9 Å². The lowest BCUT2D eigenvalue weighted by Gasteiger charge is -2.08. The summed E-state index contributed by atoms with van der Waals surface area (Å²) in [5.41, 5.74) is 5.58. The predicted molar refractivity (Wildman–Crippen MR) is 67.2 cm³/mol. The van der Waals surface area contributed by atoms with Crippen molar-refractivity contribution in [2.24, 2.45) is 5.73 Å². The third kappa shape index (κ3) is 15.8. The second-order valence-corrected chi connectivity index (χ2v) is 3.80. The molecule has 0 aromatic rings. The highest BCUT2D eigenvalue weighted by molar-refractivity contribution is 4.50. The molecule has 0 aliphatic carbocycles. The molecule has 0 saturated carbocycles. The van der Waals surface area contributed by atoms with E-state index >= 15 is 0 Å². The molecule has 0 heterocycles. The molecule has 17 heavy (non-hydrogen) atoms. The molecule has 0 aliphatic rings. The Morgan fingerprint density at radius 1 is 0.765 bits per heavy atom. The number of hydrogen-bond acceptors (Lipinski definition) is 5. The summed E-state index contributed by atoms with van der Waals surface area (Å²) < 4.78 is 21.1. The van der Waals surface area contributed by atoms with Crippen molar-refractivity contribution >= 4 is 0 Å². The van der Waals surface area contributed by atoms with E-state index in [4.69, 9.17) is 24.7 Å². The van der Waals surface area contributed by atoms with E-state index in [9.17, 15) is 0 Å². The SMILES string of the molecule is CCOCCOCCOCCOCCC(C)N. The van der Waals surface area contributed by atoms with Crippen molar-refractivity contribution in [3.05, 3.63) is 0 Å². The maximum absolute atomic E-state index is 5.58. The van der Waals surface area contributed by atoms with Crippen LogP contribution in [0, 0.1) is 0 Å². The highest BCUT2D eigenvalue weighted by Crippen LogP contribution is 1.88. The molecular formula is C12H27NO4. The third-order valence-corrected chi connectivity index (χ3v) is 2.04. The van der Waals surface area contributed by atoms with Crippen LogP contribution in [-0.2, 0) is 18.9 Å². The van der Waals surface area contributed by atoms with Crippen LogP contribution in [0.1, 0.15) is 20.3 Å². The predicted octanol–water partition coefficient (Wildman–Crippen LogP) is 0.810. The summed E-state index contributed by atoms with van der Waals surface area (Å²) in [6.07, 6.45) is 0.889. The van der Waals surface area contributed by atoms with E-state index < -0.39 is 0 Å². The van der Waals surface area contributed by atoms with Gasteiger partial charge in [0.15, 0.2) is 0 Å². The van der Waals surface area contributed by atoms with Gasteiger partial charge < -0.3 is 24.7 Å². The van der Waals surface area contributed by atoms with E-state index in [2.05, 4.69) is 0 Å². The summed E-state index contributed by atoms with van der Waals surface area (Å²) in [7, 11) is 0. The van der Waals surface area contributed by atoms with Gasteiger partial charge in [0.1, 0.15) is 0 Å². The molecule has 104 valence electrons. The van der Waals surface area contributed by atoms with Crippen molar-refractivity contribution < 1.29 is 18.9 Å². The van der Waals surface area contributed by atoms with Gasteiger partial charge in [0, 0.05) is 19.3 Å². The minimum atomic E-state index is 0.203. The summed E-state index contributed by atoms with van der Waals surface area (Å²) in [6.45, 7) is 9.08. The fourth-order valence-corrected chi connectivity index (χ4v) is 1.07. The van der Waals surface area contributed by atoms with Crippen molar-refractivity contribution in [2.75, 3.05) is 52.9 Å². The van der Waals surface area contributed by atoms with Crippen LogP contribution in [0.4, 0.5) is 0 Å². The lowest BCUT2D eigenvalue weighted by Crippen LogP contribution is -2.18. The highest BCUT2D eigenvalue weighted by Gasteiger charge is 1.94. The zero-order chi connectivity index (χ0) is 12.8. The standard InChI is InChI=1S/C12H27NO4/c1-3-14-6-7-16-10-11-17-9-8-15-5-4-12(2)13/h12H,3-11,13H2,1-2H3. The van der Waals surface area contributed by atoms with E-state index in [1.807, 2.05) is 13.8 Å². The summed E-state index contributed by atoms with van der Waals surface area (Å²) in [5.74, 6) is 0. The Balaban J connectivity index is 2.89. The number of rotatable bonds is 13. The Kier molecular flexibility index (Phi) is 13.7. The van der Waals surface area contributed by atoms with Crippen LogP contribution < -0.4 is 5.73 Å². The Morgan fingerprint density at radius 2 is 1.18 bits per heavy atom. The molecule has 0 rings (SSSR count). The van der Waals surface area contributed by atoms with Crippen molar-refractivity contribution in [1.29, 1.82) is 0 Å². The van der Waals surface area contributed by atoms with Gasteiger partial charge in [-0.2, -0.15) is 0 Å². The largest absolute Gasteiger partial charge is 0.379 e. The Morgan fingerprint density at radius 3 is 1.59 bits per heavy atom. The van der Waals surface area contributed by atoms with Gasteiger partial charge >= 0.3 is 0 Å². The van der Waals surface area contributed by atoms with Crippen LogP contribution in [0.5, 0.6) is 0 Å². The molecule has 0 aliphatic heterocycles. The molecule has 0 radical (unpaired) electrons. The summed E-state index contributed by atoms with van der Waals surface area (Å²) >= 11 is 0. The fourth-order valence-electron chi connectivity index (χ4n) is 1.07. The Labute approximate surface area is 105 Å². The van der Waals surface area contributed by atoms with E-state index in [1.54, 1.807) is 0 Å². The molecule has 1 unspecified atom stereocenters. The van der Waals surface area contributed by atoms with Crippen LogP contribution in [0.25, 0.3) is 0 Å². The smallest absolute Gasteiger partial charge is 0.0701 e. The summed E-state index contributed by atoms with van der Waals surface area (Å²) in [6, 6.07) is 0.203. The molecule has 1 atom stereocenters. The van der Waals surface area contributed by atoms with Crippen LogP contribution >= 0.6 is 0 Å². The average Bonchev–Trinajstić information content (AvgIpc) is 2.30. The first-order valence-electron chi connectivity index (χ1n) is 6.34. The van der Waals surface area contributed by atoms with Crippen molar-refractivity contribution in [2.45, 2.75) is 26.3 Å². The Hall–Kier alpha value is -0.200. The Bertz CT molecular complexity index is 144. The normalized spacial score (nSPS) is 12.9. The molecular weight excluding hydrogens is 222 g/mol. The van der Waals surface area contributed by atoms with Crippen LogP contribution in [0.2, 0.25) is 0 Å². The van der Waals surface area contributed by atoms with Crippen molar-refractivity contribution in [3.63, 3.8) is 0 Å². The average molecular weight is 249 g/mol. The van der Waals surface area contributed by atoms with Gasteiger partial charge in [0.2, 0.25) is 0 Å². The van der Waals surface area contributed by atoms with Gasteiger partial charge in [0.05, 0.1) is 39.6 Å². The lowest BCUT2D eigenvalue weighted by atomic mass is 10.3. The second-order valence-electron chi connectivity index (χ2n) is 3.80. The number of ether oxygens (including phenoxy) is 4. The first-order valence-corrected chi connectivity index (χ1v) is 6.34. The highest BCUT2D eigenvalue weighted by atomic mass is 16.6. The van der Waals surface area contributed by atoms with Gasteiger partial charge in [-0.25, -0.2) is 0 Å². The quantitative estimate of drug-likeness (QED) is 0.489. The minimum absolute atomic E-state index is 0.203. The summed E-state index contributed by atoms with van der Waals surface area (Å²) in [5, 5.41) is 0. The zero-order valence-corrected chi connectivity index (χ0v) is 11.2. The van der Waals surface area contributed by atoms with Crippen molar-refractivity contribution in [3.8, 4) is 0 Å². The molecule has 0 spiro atoms. The molecule has 5 heteroatoms. The first kappa shape index (κ1) is 16.8. The fraction of sp³-hybridized carbons (Fsp3) is 1.00. The molecule has 0 aromatic carbocycles. The lowest BCUT2D eigenvalue weighted by molar-refractivity contribution is -0.000993. The zero-order valence-electron chi connectivity index (χ0n) is 11.2. The second kappa shape index (κ2) is 13.9. The summed E-state index contributed by atoms with van der Waals surface area (Å²) in [4.78, 5) is 0. The van der Waals surface area contributed by atoms with Crippen molar-refractivity contribution in [1.82, 2.24) is 0 Å². The van der Waals surface area contributed by atoms with Crippen LogP contribution in [0.3, 0.4) is 0 Å². The van der Waals surface area contributed by atoms with E-state index in [-0.39, 0.29) is 6.04 Å². The molecule has 0 saturated heterocycles. The molecule has 0 amide bonds. The third-order valence-electron chi connectivity index (χ3n) is 2.04. The van der Waals surface area contributed by atoms with Gasteiger partial charge in [-0.1, -0.05) is 0 Å². The maximum Gasteiger partial charge on any atom is 0.0701 e. The van der Waals surface area contributed by atoms with E-state index in [0.717, 1.165) is 13.0 Å². The first-order chi connectivity index (χ1) is 8.27. The number of nitrogens with two attached hydrogens (primary N) is 1. The number of hydrogen-bond donors (Lipinski definition) is 1. The molecule has 2 N–H and O–H groups in total. The molecule has 0 aromatic heterocycles.